The van der Waals surface area contributed by atoms with Crippen molar-refractivity contribution in [1.82, 2.24) is 4.98 Å². The highest BCUT2D eigenvalue weighted by Gasteiger charge is 2.33. The number of benzene rings is 1. The summed E-state index contributed by atoms with van der Waals surface area (Å²) in [6.07, 6.45) is 1.68. The van der Waals surface area contributed by atoms with Crippen LogP contribution < -0.4 is 14.2 Å². The third-order valence-corrected chi connectivity index (χ3v) is 5.29. The molecule has 1 aliphatic rings. The Morgan fingerprint density at radius 3 is 2.31 bits per heavy atom. The minimum Gasteiger partial charge on any atom is -0.493 e. The number of nitrogens with one attached hydrogen (secondary N) is 1. The average Bonchev–Trinajstić information content (AvgIpc) is 3.07. The predicted molar refractivity (Wildman–Crippen MR) is 108 cm³/mol. The van der Waals surface area contributed by atoms with E-state index in [1.165, 1.54) is 0 Å². The van der Waals surface area contributed by atoms with Crippen LogP contribution in [-0.4, -0.2) is 44.7 Å². The van der Waals surface area contributed by atoms with Crippen molar-refractivity contribution in [3.8, 4) is 17.2 Å². The lowest BCUT2D eigenvalue weighted by Gasteiger charge is -2.24. The molecule has 0 amide bonds. The van der Waals surface area contributed by atoms with E-state index in [9.17, 15) is 9.59 Å². The normalized spacial score (nSPS) is 15.6. The summed E-state index contributed by atoms with van der Waals surface area (Å²) < 4.78 is 21.5. The van der Waals surface area contributed by atoms with Crippen molar-refractivity contribution in [2.45, 2.75) is 39.0 Å². The van der Waals surface area contributed by atoms with Crippen LogP contribution in [0.1, 0.15) is 63.4 Å². The molecule has 1 N–H and O–H groups in total. The Labute approximate surface area is 170 Å². The van der Waals surface area contributed by atoms with Gasteiger partial charge in [0.1, 0.15) is 5.69 Å². The molecule has 0 radical (unpaired) electrons. The summed E-state index contributed by atoms with van der Waals surface area (Å²) in [5, 5.41) is 0. The van der Waals surface area contributed by atoms with Gasteiger partial charge in [0.25, 0.3) is 0 Å². The summed E-state index contributed by atoms with van der Waals surface area (Å²) >= 11 is 0. The van der Waals surface area contributed by atoms with Gasteiger partial charge in [0, 0.05) is 17.7 Å². The largest absolute Gasteiger partial charge is 0.493 e. The number of hydrogen-bond donors (Lipinski definition) is 1. The molecule has 3 rings (SSSR count). The lowest BCUT2D eigenvalue weighted by molar-refractivity contribution is 0.0498. The molecule has 0 unspecified atom stereocenters. The van der Waals surface area contributed by atoms with Gasteiger partial charge in [-0.2, -0.15) is 0 Å². The van der Waals surface area contributed by atoms with Crippen molar-refractivity contribution in [2.24, 2.45) is 0 Å². The van der Waals surface area contributed by atoms with E-state index in [1.807, 2.05) is 19.1 Å². The molecule has 1 aromatic heterocycles. The van der Waals surface area contributed by atoms with Crippen LogP contribution in [0, 0.1) is 6.92 Å². The van der Waals surface area contributed by atoms with E-state index in [0.717, 1.165) is 17.7 Å². The molecule has 7 nitrogen and oxygen atoms in total. The number of aromatic nitrogens is 1. The van der Waals surface area contributed by atoms with Gasteiger partial charge in [-0.3, -0.25) is 4.79 Å². The number of carbonyl (C=O) groups excluding carboxylic acids is 2. The van der Waals surface area contributed by atoms with E-state index < -0.39 is 5.97 Å². The van der Waals surface area contributed by atoms with Gasteiger partial charge in [0.05, 0.1) is 27.9 Å². The Bertz CT molecular complexity index is 905. The maximum absolute atomic E-state index is 12.9. The van der Waals surface area contributed by atoms with Gasteiger partial charge < -0.3 is 23.9 Å². The third-order valence-electron chi connectivity index (χ3n) is 5.29. The second kappa shape index (κ2) is 8.59. The molecule has 0 saturated heterocycles. The number of hydrogen-bond acceptors (Lipinski definition) is 6. The zero-order chi connectivity index (χ0) is 21.1. The fraction of sp³-hybridized carbons (Fsp3) is 0.455. The summed E-state index contributed by atoms with van der Waals surface area (Å²) in [5.41, 5.74) is 3.32. The van der Waals surface area contributed by atoms with Crippen LogP contribution in [0.3, 0.4) is 0 Å². The Kier molecular flexibility index (Phi) is 6.15. The van der Waals surface area contributed by atoms with Gasteiger partial charge in [-0.05, 0) is 48.9 Å². The minimum absolute atomic E-state index is 0.00768. The monoisotopic (exact) mass is 401 g/mol. The zero-order valence-corrected chi connectivity index (χ0v) is 17.5. The van der Waals surface area contributed by atoms with Crippen LogP contribution in [0.25, 0.3) is 0 Å². The molecule has 1 aliphatic carbocycles. The topological polar surface area (TPSA) is 86.9 Å². The molecular formula is C22H27NO6. The van der Waals surface area contributed by atoms with E-state index in [4.69, 9.17) is 18.9 Å². The predicted octanol–water partition coefficient (Wildman–Crippen LogP) is 3.83. The van der Waals surface area contributed by atoms with Crippen LogP contribution in [0.2, 0.25) is 0 Å². The number of rotatable bonds is 7. The Hall–Kier alpha value is -2.96. The molecule has 7 heteroatoms. The highest BCUT2D eigenvalue weighted by atomic mass is 16.5. The second-order valence-electron chi connectivity index (χ2n) is 7.10. The van der Waals surface area contributed by atoms with Crippen molar-refractivity contribution < 1.29 is 28.5 Å². The second-order valence-corrected chi connectivity index (χ2v) is 7.10. The number of H-pyrrole nitrogens is 1. The lowest BCUT2D eigenvalue weighted by atomic mass is 9.81. The Morgan fingerprint density at radius 1 is 1.10 bits per heavy atom. The Morgan fingerprint density at radius 2 is 1.76 bits per heavy atom. The first-order valence-corrected chi connectivity index (χ1v) is 9.66. The molecule has 0 saturated carbocycles. The molecule has 0 aliphatic heterocycles. The van der Waals surface area contributed by atoms with Crippen LogP contribution in [-0.2, 0) is 11.2 Å². The minimum atomic E-state index is -0.420. The van der Waals surface area contributed by atoms with Crippen LogP contribution in [0.4, 0.5) is 0 Å². The number of carbonyl (C=O) groups is 2. The molecule has 29 heavy (non-hydrogen) atoms. The molecule has 156 valence electrons. The first-order valence-electron chi connectivity index (χ1n) is 9.66. The highest BCUT2D eigenvalue weighted by molar-refractivity contribution is 6.03. The van der Waals surface area contributed by atoms with Crippen molar-refractivity contribution in [3.63, 3.8) is 0 Å². The summed E-state index contributed by atoms with van der Waals surface area (Å²) in [7, 11) is 4.68. The molecule has 2 aromatic rings. The number of ether oxygens (including phenoxy) is 4. The summed E-state index contributed by atoms with van der Waals surface area (Å²) in [5.74, 6) is 1.13. The quantitative estimate of drug-likeness (QED) is 0.710. The van der Waals surface area contributed by atoms with Gasteiger partial charge in [-0.25, -0.2) is 4.79 Å². The summed E-state index contributed by atoms with van der Waals surface area (Å²) in [4.78, 5) is 28.4. The number of Topliss-reactive ketones (excluding diaryl/α,β-unsaturated/α-hetero) is 1. The fourth-order valence-electron chi connectivity index (χ4n) is 3.88. The summed E-state index contributed by atoms with van der Waals surface area (Å²) in [6, 6.07) is 3.74. The molecular weight excluding hydrogens is 374 g/mol. The van der Waals surface area contributed by atoms with E-state index in [-0.39, 0.29) is 11.7 Å². The maximum atomic E-state index is 12.9. The Balaban J connectivity index is 1.96. The average molecular weight is 401 g/mol. The molecule has 0 spiro atoms. The van der Waals surface area contributed by atoms with Crippen molar-refractivity contribution >= 4 is 11.8 Å². The van der Waals surface area contributed by atoms with Gasteiger partial charge in [-0.1, -0.05) is 6.92 Å². The lowest BCUT2D eigenvalue weighted by Crippen LogP contribution is -2.19. The van der Waals surface area contributed by atoms with Crippen molar-refractivity contribution in [1.29, 1.82) is 0 Å². The van der Waals surface area contributed by atoms with Crippen LogP contribution in [0.15, 0.2) is 12.1 Å². The summed E-state index contributed by atoms with van der Waals surface area (Å²) in [6.45, 7) is 4.07. The number of esters is 1. The molecule has 0 bridgehead atoms. The fourth-order valence-corrected chi connectivity index (χ4v) is 3.88. The van der Waals surface area contributed by atoms with Crippen LogP contribution in [0.5, 0.6) is 17.2 Å². The van der Waals surface area contributed by atoms with Crippen molar-refractivity contribution in [2.75, 3.05) is 27.9 Å². The van der Waals surface area contributed by atoms with Crippen LogP contribution >= 0.6 is 0 Å². The van der Waals surface area contributed by atoms with E-state index in [2.05, 4.69) is 4.98 Å². The number of fused-ring (bicyclic) bond motifs is 1. The van der Waals surface area contributed by atoms with Gasteiger partial charge >= 0.3 is 5.97 Å². The molecule has 0 fully saturated rings. The van der Waals surface area contributed by atoms with E-state index in [0.29, 0.717) is 53.5 Å². The van der Waals surface area contributed by atoms with Gasteiger partial charge in [0.2, 0.25) is 5.75 Å². The smallest absolute Gasteiger partial charge is 0.355 e. The third kappa shape index (κ3) is 3.81. The van der Waals surface area contributed by atoms with E-state index in [1.54, 1.807) is 28.3 Å². The molecule has 1 atom stereocenters. The van der Waals surface area contributed by atoms with Gasteiger partial charge in [-0.15, -0.1) is 0 Å². The first kappa shape index (κ1) is 20.8. The molecule has 1 aromatic carbocycles. The first-order chi connectivity index (χ1) is 13.9. The maximum Gasteiger partial charge on any atom is 0.355 e. The number of ketones is 1. The van der Waals surface area contributed by atoms with Crippen molar-refractivity contribution in [3.05, 3.63) is 40.2 Å². The van der Waals surface area contributed by atoms with Gasteiger partial charge in [0.15, 0.2) is 17.3 Å². The standard InChI is InChI=1S/C22H27NO6/c1-6-7-29-22(25)20-12(2)19-15(23-20)8-13(9-16(19)24)14-10-17(26-3)21(28-5)18(11-14)27-4/h10-11,13,23H,6-9H2,1-5H3/t13-/m0/s1. The number of aromatic amines is 1. The SMILES string of the molecule is CCCOC(=O)c1[nH]c2c(c1C)C(=O)C[C@@H](c1cc(OC)c(OC)c(OC)c1)C2. The molecule has 1 heterocycles. The number of methoxy groups -OCH3 is 3. The van der Waals surface area contributed by atoms with E-state index >= 15 is 0 Å². The zero-order valence-electron chi connectivity index (χ0n) is 17.5. The highest BCUT2D eigenvalue weighted by Crippen LogP contribution is 2.43.